The first kappa shape index (κ1) is 14.5. The number of halogens is 1. The fraction of sp³-hybridized carbons (Fsp3) is 0.111. The van der Waals surface area contributed by atoms with E-state index < -0.39 is 0 Å². The molecule has 1 amide bonds. The number of benzene rings is 2. The van der Waals surface area contributed by atoms with Crippen molar-refractivity contribution in [2.24, 2.45) is 0 Å². The third-order valence-electron chi connectivity index (χ3n) is 3.63. The molecular weight excluding hydrogens is 296 g/mol. The number of hydrogen-bond acceptors (Lipinski definition) is 1. The van der Waals surface area contributed by atoms with Crippen LogP contribution in [0.3, 0.4) is 0 Å². The van der Waals surface area contributed by atoms with Gasteiger partial charge in [0.2, 0.25) is 6.04 Å². The third-order valence-corrected chi connectivity index (χ3v) is 3.86. The number of hydrogen-bond donors (Lipinski definition) is 1. The van der Waals surface area contributed by atoms with Crippen LogP contribution in [0.25, 0.3) is 10.8 Å². The first-order chi connectivity index (χ1) is 10.6. The molecule has 1 N–H and O–H groups in total. The largest absolute Gasteiger partial charge is 0.320 e. The van der Waals surface area contributed by atoms with Gasteiger partial charge in [0, 0.05) is 29.1 Å². The molecule has 110 valence electrons. The molecule has 0 aliphatic heterocycles. The zero-order chi connectivity index (χ0) is 15.5. The number of carbonyl (C=O) groups is 1. The minimum atomic E-state index is -0.316. The van der Waals surface area contributed by atoms with Gasteiger partial charge in [-0.3, -0.25) is 4.79 Å². The zero-order valence-electron chi connectivity index (χ0n) is 12.2. The number of fused-ring (bicyclic) bond motifs is 1. The molecule has 1 atom stereocenters. The Kier molecular flexibility index (Phi) is 4.07. The fourth-order valence-corrected chi connectivity index (χ4v) is 2.53. The maximum atomic E-state index is 12.4. The van der Waals surface area contributed by atoms with E-state index in [0.29, 0.717) is 10.7 Å². The van der Waals surface area contributed by atoms with E-state index in [-0.39, 0.29) is 11.9 Å². The van der Waals surface area contributed by atoms with Gasteiger partial charge in [0.15, 0.2) is 12.4 Å². The van der Waals surface area contributed by atoms with Crippen molar-refractivity contribution < 1.29 is 9.36 Å². The molecule has 0 radical (unpaired) electrons. The molecule has 0 aliphatic carbocycles. The van der Waals surface area contributed by atoms with Gasteiger partial charge in [0.1, 0.15) is 0 Å². The summed E-state index contributed by atoms with van der Waals surface area (Å²) in [5.74, 6) is -0.0810. The summed E-state index contributed by atoms with van der Waals surface area (Å²) in [6, 6.07) is 16.9. The Balaban J connectivity index is 1.82. The summed E-state index contributed by atoms with van der Waals surface area (Å²) in [6.45, 7) is 1.87. The summed E-state index contributed by atoms with van der Waals surface area (Å²) in [7, 11) is 0. The number of anilines is 1. The summed E-state index contributed by atoms with van der Waals surface area (Å²) in [6.07, 6.45) is 3.90. The van der Waals surface area contributed by atoms with Crippen LogP contribution < -0.4 is 9.88 Å². The van der Waals surface area contributed by atoms with Gasteiger partial charge in [-0.1, -0.05) is 35.9 Å². The van der Waals surface area contributed by atoms with Gasteiger partial charge in [-0.15, -0.1) is 0 Å². The Hall–Kier alpha value is -2.39. The van der Waals surface area contributed by atoms with Gasteiger partial charge < -0.3 is 5.32 Å². The number of carbonyl (C=O) groups excluding carboxylic acids is 1. The summed E-state index contributed by atoms with van der Waals surface area (Å²) in [5, 5.41) is 5.74. The molecule has 2 aromatic carbocycles. The van der Waals surface area contributed by atoms with E-state index >= 15 is 0 Å². The Labute approximate surface area is 134 Å². The highest BCUT2D eigenvalue weighted by Crippen LogP contribution is 2.16. The van der Waals surface area contributed by atoms with E-state index in [1.807, 2.05) is 60.3 Å². The molecule has 22 heavy (non-hydrogen) atoms. The number of amides is 1. The Morgan fingerprint density at radius 2 is 1.86 bits per heavy atom. The minimum absolute atomic E-state index is 0.0810. The van der Waals surface area contributed by atoms with Gasteiger partial charge in [0.25, 0.3) is 5.91 Å². The van der Waals surface area contributed by atoms with Crippen molar-refractivity contribution in [3.8, 4) is 0 Å². The van der Waals surface area contributed by atoms with Crippen molar-refractivity contribution in [1.82, 2.24) is 0 Å². The van der Waals surface area contributed by atoms with Crippen LogP contribution in [-0.2, 0) is 4.79 Å². The Morgan fingerprint density at radius 3 is 2.64 bits per heavy atom. The number of pyridine rings is 1. The molecule has 0 saturated heterocycles. The Morgan fingerprint density at radius 1 is 1.09 bits per heavy atom. The van der Waals surface area contributed by atoms with Crippen LogP contribution in [0.1, 0.15) is 13.0 Å². The number of nitrogens with one attached hydrogen (secondary N) is 1. The van der Waals surface area contributed by atoms with Crippen molar-refractivity contribution in [3.63, 3.8) is 0 Å². The average molecular weight is 312 g/mol. The van der Waals surface area contributed by atoms with E-state index in [2.05, 4.69) is 11.4 Å². The molecule has 0 bridgehead atoms. The lowest BCUT2D eigenvalue weighted by Gasteiger charge is -2.09. The summed E-state index contributed by atoms with van der Waals surface area (Å²) in [4.78, 5) is 12.4. The lowest BCUT2D eigenvalue weighted by atomic mass is 10.1. The zero-order valence-corrected chi connectivity index (χ0v) is 12.9. The lowest BCUT2D eigenvalue weighted by molar-refractivity contribution is -0.704. The minimum Gasteiger partial charge on any atom is -0.320 e. The molecule has 1 heterocycles. The summed E-state index contributed by atoms with van der Waals surface area (Å²) >= 11 is 5.93. The molecule has 3 rings (SSSR count). The van der Waals surface area contributed by atoms with E-state index in [1.54, 1.807) is 12.1 Å². The smallest absolute Gasteiger partial charge is 0.293 e. The van der Waals surface area contributed by atoms with Crippen LogP contribution in [0, 0.1) is 0 Å². The Bertz CT molecular complexity index is 832. The number of rotatable bonds is 3. The van der Waals surface area contributed by atoms with Crippen LogP contribution in [0.15, 0.2) is 67.0 Å². The molecule has 3 aromatic rings. The van der Waals surface area contributed by atoms with E-state index in [9.17, 15) is 4.79 Å². The molecule has 3 nitrogen and oxygen atoms in total. The van der Waals surface area contributed by atoms with Crippen LogP contribution in [0.4, 0.5) is 5.69 Å². The standard InChI is InChI=1S/C18H15ClN2O/c1-13(18(22)20-17-8-4-7-16(19)11-17)21-10-9-14-5-2-3-6-15(14)12-21/h2-13H,1H3/p+1/t13-/m0/s1. The van der Waals surface area contributed by atoms with Gasteiger partial charge in [-0.2, -0.15) is 4.57 Å². The highest BCUT2D eigenvalue weighted by Gasteiger charge is 2.22. The van der Waals surface area contributed by atoms with Crippen LogP contribution in [0.2, 0.25) is 5.02 Å². The van der Waals surface area contributed by atoms with Crippen LogP contribution >= 0.6 is 11.6 Å². The molecule has 0 saturated carbocycles. The molecule has 0 fully saturated rings. The second kappa shape index (κ2) is 6.16. The van der Waals surface area contributed by atoms with Crippen LogP contribution in [0.5, 0.6) is 0 Å². The van der Waals surface area contributed by atoms with Crippen LogP contribution in [-0.4, -0.2) is 5.91 Å². The maximum Gasteiger partial charge on any atom is 0.293 e. The van der Waals surface area contributed by atoms with Gasteiger partial charge >= 0.3 is 0 Å². The maximum absolute atomic E-state index is 12.4. The van der Waals surface area contributed by atoms with Crippen molar-refractivity contribution in [2.75, 3.05) is 5.32 Å². The second-order valence-corrected chi connectivity index (χ2v) is 5.63. The molecule has 1 aromatic heterocycles. The highest BCUT2D eigenvalue weighted by molar-refractivity contribution is 6.30. The first-order valence-corrected chi connectivity index (χ1v) is 7.47. The van der Waals surface area contributed by atoms with Gasteiger partial charge in [-0.25, -0.2) is 0 Å². The number of nitrogens with zero attached hydrogens (tertiary/aromatic N) is 1. The molecule has 0 spiro atoms. The second-order valence-electron chi connectivity index (χ2n) is 5.20. The SMILES string of the molecule is C[C@@H](C(=O)Nc1cccc(Cl)c1)[n+]1ccc2ccccc2c1. The highest BCUT2D eigenvalue weighted by atomic mass is 35.5. The summed E-state index contributed by atoms with van der Waals surface area (Å²) < 4.78 is 1.90. The van der Waals surface area contributed by atoms with E-state index in [4.69, 9.17) is 11.6 Å². The van der Waals surface area contributed by atoms with Gasteiger partial charge in [-0.05, 0) is 29.7 Å². The lowest BCUT2D eigenvalue weighted by Crippen LogP contribution is -2.44. The van der Waals surface area contributed by atoms with Crippen molar-refractivity contribution in [2.45, 2.75) is 13.0 Å². The topological polar surface area (TPSA) is 33.0 Å². The van der Waals surface area contributed by atoms with Crippen molar-refractivity contribution in [1.29, 1.82) is 0 Å². The van der Waals surface area contributed by atoms with E-state index in [1.165, 1.54) is 0 Å². The predicted octanol–water partition coefficient (Wildman–Crippen LogP) is 3.98. The molecule has 4 heteroatoms. The van der Waals surface area contributed by atoms with Crippen molar-refractivity contribution >= 4 is 34.0 Å². The monoisotopic (exact) mass is 311 g/mol. The molecule has 0 unspecified atom stereocenters. The molecular formula is C18H16ClN2O+. The quantitative estimate of drug-likeness (QED) is 0.729. The number of aromatic nitrogens is 1. The fourth-order valence-electron chi connectivity index (χ4n) is 2.34. The van der Waals surface area contributed by atoms with Gasteiger partial charge in [0.05, 0.1) is 0 Å². The predicted molar refractivity (Wildman–Crippen MR) is 88.9 cm³/mol. The first-order valence-electron chi connectivity index (χ1n) is 7.09. The molecule has 0 aliphatic rings. The van der Waals surface area contributed by atoms with E-state index in [0.717, 1.165) is 10.8 Å². The summed E-state index contributed by atoms with van der Waals surface area (Å²) in [5.41, 5.74) is 0.700. The third kappa shape index (κ3) is 3.10. The normalized spacial score (nSPS) is 12.1. The average Bonchev–Trinajstić information content (AvgIpc) is 2.53. The van der Waals surface area contributed by atoms with Crippen molar-refractivity contribution in [3.05, 3.63) is 72.0 Å².